The summed E-state index contributed by atoms with van der Waals surface area (Å²) in [6.07, 6.45) is 2.09. The second kappa shape index (κ2) is 4.61. The van der Waals surface area contributed by atoms with E-state index in [1.807, 2.05) is 0 Å². The minimum Gasteiger partial charge on any atom is -0.464 e. The molecule has 5 nitrogen and oxygen atoms in total. The first-order chi connectivity index (χ1) is 8.27. The first-order valence-electron chi connectivity index (χ1n) is 4.94. The number of ether oxygens (including phenoxy) is 1. The second-order valence-electron chi connectivity index (χ2n) is 3.31. The molecule has 0 aliphatic rings. The topological polar surface area (TPSA) is 68.3 Å². The average Bonchev–Trinajstić information content (AvgIpc) is 2.38. The number of nitrogens with one attached hydrogen (secondary N) is 1. The molecule has 1 heterocycles. The van der Waals surface area contributed by atoms with Gasteiger partial charge >= 0.3 is 5.97 Å². The van der Waals surface area contributed by atoms with E-state index in [1.165, 1.54) is 13.3 Å². The maximum atomic E-state index is 11.5. The highest BCUT2D eigenvalue weighted by Crippen LogP contribution is 2.24. The van der Waals surface area contributed by atoms with Crippen molar-refractivity contribution in [1.29, 1.82) is 0 Å². The lowest BCUT2D eigenvalue weighted by Gasteiger charge is -2.07. The van der Waals surface area contributed by atoms with Crippen LogP contribution in [0.5, 0.6) is 0 Å². The van der Waals surface area contributed by atoms with Crippen LogP contribution in [-0.4, -0.2) is 24.5 Å². The van der Waals surface area contributed by atoms with E-state index in [-0.39, 0.29) is 5.69 Å². The van der Waals surface area contributed by atoms with Gasteiger partial charge in [0, 0.05) is 22.7 Å². The quantitative estimate of drug-likeness (QED) is 0.642. The van der Waals surface area contributed by atoms with Gasteiger partial charge in [-0.3, -0.25) is 4.79 Å². The molecule has 0 unspecified atom stereocenters. The van der Waals surface area contributed by atoms with Crippen LogP contribution in [0.1, 0.15) is 10.5 Å². The number of pyridine rings is 1. The van der Waals surface area contributed by atoms with Crippen molar-refractivity contribution in [2.75, 3.05) is 12.4 Å². The molecule has 0 saturated carbocycles. The fraction of sp³-hybridized carbons (Fsp3) is 0.0833. The summed E-state index contributed by atoms with van der Waals surface area (Å²) in [5.74, 6) is -0.501. The van der Waals surface area contributed by atoms with E-state index < -0.39 is 5.97 Å². The highest BCUT2D eigenvalue weighted by atomic mass is 16.5. The summed E-state index contributed by atoms with van der Waals surface area (Å²) < 4.78 is 4.65. The van der Waals surface area contributed by atoms with E-state index in [2.05, 4.69) is 15.0 Å². The maximum Gasteiger partial charge on any atom is 0.357 e. The zero-order valence-corrected chi connectivity index (χ0v) is 9.14. The number of nitrogens with zero attached hydrogens (tertiary/aromatic N) is 1. The van der Waals surface area contributed by atoms with Gasteiger partial charge in [-0.15, -0.1) is 0 Å². The number of hydrogen-bond donors (Lipinski definition) is 1. The molecule has 2 aromatic rings. The van der Waals surface area contributed by atoms with Crippen molar-refractivity contribution in [3.05, 3.63) is 36.2 Å². The molecule has 86 valence electrons. The van der Waals surface area contributed by atoms with E-state index >= 15 is 0 Å². The predicted molar refractivity (Wildman–Crippen MR) is 62.8 cm³/mol. The van der Waals surface area contributed by atoms with Crippen LogP contribution in [0.4, 0.5) is 5.69 Å². The molecular formula is C12H10N2O3. The molecule has 0 radical (unpaired) electrons. The molecule has 0 aliphatic heterocycles. The molecule has 1 aromatic heterocycles. The van der Waals surface area contributed by atoms with Crippen molar-refractivity contribution < 1.29 is 14.3 Å². The molecule has 1 aromatic carbocycles. The van der Waals surface area contributed by atoms with Crippen molar-refractivity contribution >= 4 is 28.8 Å². The smallest absolute Gasteiger partial charge is 0.357 e. The summed E-state index contributed by atoms with van der Waals surface area (Å²) in [5.41, 5.74) is 0.865. The van der Waals surface area contributed by atoms with Crippen LogP contribution in [0.15, 0.2) is 30.5 Å². The van der Waals surface area contributed by atoms with Crippen molar-refractivity contribution in [3.63, 3.8) is 0 Å². The normalized spacial score (nSPS) is 9.94. The number of fused-ring (bicyclic) bond motifs is 1. The van der Waals surface area contributed by atoms with Crippen LogP contribution < -0.4 is 5.32 Å². The minimum absolute atomic E-state index is 0.236. The third-order valence-corrected chi connectivity index (χ3v) is 2.40. The molecule has 0 aliphatic carbocycles. The number of amides is 1. The average molecular weight is 230 g/mol. The summed E-state index contributed by atoms with van der Waals surface area (Å²) in [6.45, 7) is 0. The Kier molecular flexibility index (Phi) is 3.00. The first kappa shape index (κ1) is 11.1. The number of aromatic nitrogens is 1. The third kappa shape index (κ3) is 1.94. The number of esters is 1. The summed E-state index contributed by atoms with van der Waals surface area (Å²) in [6, 6.07) is 6.97. The molecule has 1 amide bonds. The van der Waals surface area contributed by atoms with Crippen LogP contribution in [0.25, 0.3) is 10.8 Å². The molecule has 0 fully saturated rings. The number of rotatable bonds is 3. The monoisotopic (exact) mass is 230 g/mol. The molecule has 0 saturated heterocycles. The lowest BCUT2D eigenvalue weighted by Crippen LogP contribution is -2.05. The number of anilines is 1. The first-order valence-corrected chi connectivity index (χ1v) is 4.94. The Hall–Kier alpha value is -2.43. The molecule has 17 heavy (non-hydrogen) atoms. The molecule has 5 heteroatoms. The Morgan fingerprint density at radius 3 is 2.88 bits per heavy atom. The Bertz CT molecular complexity index is 581. The van der Waals surface area contributed by atoms with Gasteiger partial charge in [0.25, 0.3) is 0 Å². The van der Waals surface area contributed by atoms with Crippen molar-refractivity contribution in [2.24, 2.45) is 0 Å². The number of carbonyl (C=O) groups is 2. The van der Waals surface area contributed by atoms with Crippen LogP contribution in [0, 0.1) is 0 Å². The van der Waals surface area contributed by atoms with Crippen LogP contribution >= 0.6 is 0 Å². The van der Waals surface area contributed by atoms with Crippen LogP contribution in [0.3, 0.4) is 0 Å². The van der Waals surface area contributed by atoms with Gasteiger partial charge < -0.3 is 10.1 Å². The van der Waals surface area contributed by atoms with E-state index in [1.54, 1.807) is 24.3 Å². The van der Waals surface area contributed by atoms with Crippen LogP contribution in [-0.2, 0) is 9.53 Å². The predicted octanol–water partition coefficient (Wildman–Crippen LogP) is 1.59. The summed E-state index contributed by atoms with van der Waals surface area (Å²) in [7, 11) is 1.30. The Morgan fingerprint density at radius 2 is 2.18 bits per heavy atom. The number of carbonyl (C=O) groups excluding carboxylic acids is 2. The number of methoxy groups -OCH3 is 1. The third-order valence-electron chi connectivity index (χ3n) is 2.40. The zero-order valence-electron chi connectivity index (χ0n) is 9.14. The van der Waals surface area contributed by atoms with E-state index in [9.17, 15) is 9.59 Å². The van der Waals surface area contributed by atoms with Gasteiger partial charge in [-0.2, -0.15) is 0 Å². The highest BCUT2D eigenvalue weighted by molar-refractivity contribution is 6.07. The van der Waals surface area contributed by atoms with Crippen molar-refractivity contribution in [1.82, 2.24) is 4.98 Å². The Balaban J connectivity index is 2.69. The van der Waals surface area contributed by atoms with Gasteiger partial charge in [0.05, 0.1) is 7.11 Å². The fourth-order valence-electron chi connectivity index (χ4n) is 1.66. The number of benzene rings is 1. The highest BCUT2D eigenvalue weighted by Gasteiger charge is 2.12. The summed E-state index contributed by atoms with van der Waals surface area (Å²) in [5, 5.41) is 3.96. The largest absolute Gasteiger partial charge is 0.464 e. The maximum absolute atomic E-state index is 11.5. The molecular weight excluding hydrogens is 220 g/mol. The van der Waals surface area contributed by atoms with E-state index in [0.29, 0.717) is 17.5 Å². The van der Waals surface area contributed by atoms with Gasteiger partial charge in [0.1, 0.15) is 0 Å². The number of hydrogen-bond acceptors (Lipinski definition) is 4. The lowest BCUT2D eigenvalue weighted by atomic mass is 10.1. The standard InChI is InChI=1S/C12H10N2O3/c1-17-12(16)11-9-3-2-4-10(14-7-15)8(9)5-6-13-11/h2-7H,1H3,(H,14,15). The van der Waals surface area contributed by atoms with Gasteiger partial charge in [-0.1, -0.05) is 12.1 Å². The molecule has 0 bridgehead atoms. The van der Waals surface area contributed by atoms with E-state index in [4.69, 9.17) is 0 Å². The molecule has 0 spiro atoms. The second-order valence-corrected chi connectivity index (χ2v) is 3.31. The Morgan fingerprint density at radius 1 is 1.35 bits per heavy atom. The summed E-state index contributed by atoms with van der Waals surface area (Å²) >= 11 is 0. The molecule has 2 rings (SSSR count). The Labute approximate surface area is 97.4 Å². The summed E-state index contributed by atoms with van der Waals surface area (Å²) in [4.78, 5) is 26.0. The molecule has 1 N–H and O–H groups in total. The van der Waals surface area contributed by atoms with E-state index in [0.717, 1.165) is 5.39 Å². The van der Waals surface area contributed by atoms with Gasteiger partial charge in [0.2, 0.25) is 6.41 Å². The van der Waals surface area contributed by atoms with Crippen molar-refractivity contribution in [2.45, 2.75) is 0 Å². The minimum atomic E-state index is -0.501. The van der Waals surface area contributed by atoms with Crippen LogP contribution in [0.2, 0.25) is 0 Å². The van der Waals surface area contributed by atoms with Gasteiger partial charge in [-0.25, -0.2) is 9.78 Å². The lowest BCUT2D eigenvalue weighted by molar-refractivity contribution is -0.105. The van der Waals surface area contributed by atoms with Gasteiger partial charge in [-0.05, 0) is 12.1 Å². The molecule has 0 atom stereocenters. The SMILES string of the molecule is COC(=O)c1nccc2c(NC=O)cccc12. The zero-order chi connectivity index (χ0) is 12.3. The fourth-order valence-corrected chi connectivity index (χ4v) is 1.66. The van der Waals surface area contributed by atoms with Crippen molar-refractivity contribution in [3.8, 4) is 0 Å². The van der Waals surface area contributed by atoms with Gasteiger partial charge in [0.15, 0.2) is 5.69 Å².